The maximum absolute atomic E-state index is 15.4. The number of carbonyl (C=O) groups is 4. The zero-order valence-corrected chi connectivity index (χ0v) is 58.5. The fourth-order valence-corrected chi connectivity index (χ4v) is 17.3. The van der Waals surface area contributed by atoms with Crippen LogP contribution in [0.1, 0.15) is 415 Å². The van der Waals surface area contributed by atoms with E-state index in [0.29, 0.717) is 51.4 Å². The number of carbonyl (C=O) groups excluding carboxylic acids is 4. The van der Waals surface area contributed by atoms with Crippen molar-refractivity contribution in [1.82, 2.24) is 0 Å². The van der Waals surface area contributed by atoms with Gasteiger partial charge in [0.1, 0.15) is 0 Å². The van der Waals surface area contributed by atoms with Crippen molar-refractivity contribution in [3.05, 3.63) is 0 Å². The molecule has 0 fully saturated rings. The topological polar surface area (TPSA) is 105 Å². The third-order valence-electron chi connectivity index (χ3n) is 17.5. The van der Waals surface area contributed by atoms with Gasteiger partial charge >= 0.3 is 514 Å². The Morgan fingerprint density at radius 2 is 0.309 bits per heavy atom. The van der Waals surface area contributed by atoms with Crippen molar-refractivity contribution < 1.29 is 31.5 Å². The molecule has 0 aromatic heterocycles. The van der Waals surface area contributed by atoms with Crippen LogP contribution in [0.4, 0.5) is 0 Å². The van der Waals surface area contributed by atoms with Crippen molar-refractivity contribution in [2.75, 3.05) is 0 Å². The molecule has 0 radical (unpaired) electrons. The Morgan fingerprint density at radius 1 is 0.198 bits per heavy atom. The van der Waals surface area contributed by atoms with Gasteiger partial charge in [-0.15, -0.1) is 0 Å². The van der Waals surface area contributed by atoms with Gasteiger partial charge in [0.25, 0.3) is 0 Å². The zero-order chi connectivity index (χ0) is 59.5. The number of rotatable bonds is 64. The van der Waals surface area contributed by atoms with Gasteiger partial charge in [0.15, 0.2) is 0 Å². The van der Waals surface area contributed by atoms with Gasteiger partial charge in [0, 0.05) is 0 Å². The van der Waals surface area contributed by atoms with Gasteiger partial charge in [-0.05, 0) is 0 Å². The molecular formula is C72H140O8Sn. The first-order valence-corrected chi connectivity index (χ1v) is 41.2. The van der Waals surface area contributed by atoms with E-state index >= 15 is 19.2 Å². The molecule has 8 nitrogen and oxygen atoms in total. The summed E-state index contributed by atoms with van der Waals surface area (Å²) in [6, 6.07) is 0. The van der Waals surface area contributed by atoms with E-state index in [1.54, 1.807) is 0 Å². The Kier molecular flexibility index (Phi) is 59.4. The Bertz CT molecular complexity index is 1120. The first-order valence-electron chi connectivity index (χ1n) is 36.5. The molecule has 0 unspecified atom stereocenters. The van der Waals surface area contributed by atoms with Crippen LogP contribution >= 0.6 is 0 Å². The van der Waals surface area contributed by atoms with Gasteiger partial charge in [0.2, 0.25) is 0 Å². The van der Waals surface area contributed by atoms with Crippen molar-refractivity contribution >= 4 is 43.9 Å². The number of hydrogen-bond donors (Lipinski definition) is 0. The van der Waals surface area contributed by atoms with Gasteiger partial charge in [-0.1, -0.05) is 0 Å². The van der Waals surface area contributed by atoms with Crippen LogP contribution in [0.5, 0.6) is 0 Å². The van der Waals surface area contributed by atoms with E-state index in [1.165, 1.54) is 154 Å². The summed E-state index contributed by atoms with van der Waals surface area (Å²) < 4.78 is 27.3. The quantitative estimate of drug-likeness (QED) is 0.0438. The molecule has 0 N–H and O–H groups in total. The summed E-state index contributed by atoms with van der Waals surface area (Å²) in [6.45, 7) is 17.9. The molecule has 0 bridgehead atoms. The minimum atomic E-state index is -6.38. The zero-order valence-electron chi connectivity index (χ0n) is 55.7. The Hall–Kier alpha value is -1.32. The molecule has 0 aliphatic heterocycles. The average Bonchev–Trinajstić information content (AvgIpc) is 3.45. The van der Waals surface area contributed by atoms with Crippen LogP contribution in [0.15, 0.2) is 0 Å². The predicted molar refractivity (Wildman–Crippen MR) is 348 cm³/mol. The Balaban J connectivity index is 7.93. The van der Waals surface area contributed by atoms with E-state index in [2.05, 4.69) is 55.4 Å². The average molecular weight is 1250 g/mol. The summed E-state index contributed by atoms with van der Waals surface area (Å²) in [5.41, 5.74) is 0. The SMILES string of the molecule is CCCCCCCCC(CCCCCCCC)C(=O)[O][Sn]([O]C(=O)C(CCCCCCCC)CCCCCCCC)([O]C(=O)C(CCCCCCCC)CCCCCCCC)[O]C(=O)C(CCCCCCCC)CCCCCCCC. The van der Waals surface area contributed by atoms with Gasteiger partial charge in [-0.2, -0.15) is 0 Å². The third kappa shape index (κ3) is 47.5. The standard InChI is InChI=1S/4C18H36O2.Sn/c4*1-3-5-7-9-11-13-15-17(18(19)20)16-14-12-10-8-6-4-2;/h4*17H,3-16H2,1-2H3,(H,19,20);/q;;;;+4/p-4. The molecular weight excluding hydrogens is 1110 g/mol. The summed E-state index contributed by atoms with van der Waals surface area (Å²) >= 11 is -6.38. The van der Waals surface area contributed by atoms with E-state index in [4.69, 9.17) is 12.3 Å². The van der Waals surface area contributed by atoms with Crippen LogP contribution in [-0.2, 0) is 31.5 Å². The normalized spacial score (nSPS) is 11.9. The fraction of sp³-hybridized carbons (Fsp3) is 0.944. The molecule has 0 heterocycles. The first-order chi connectivity index (χ1) is 39.6. The van der Waals surface area contributed by atoms with Crippen LogP contribution in [0.2, 0.25) is 0 Å². The summed E-state index contributed by atoms with van der Waals surface area (Å²) in [6.07, 6.45) is 58.0. The fourth-order valence-electron chi connectivity index (χ4n) is 11.8. The number of hydrogen-bond acceptors (Lipinski definition) is 8. The minimum absolute atomic E-state index is 0.472. The van der Waals surface area contributed by atoms with Gasteiger partial charge in [-0.3, -0.25) is 0 Å². The summed E-state index contributed by atoms with van der Waals surface area (Å²) in [4.78, 5) is 61.5. The molecule has 9 heteroatoms. The predicted octanol–water partition coefficient (Wildman–Crippen LogP) is 24.1. The van der Waals surface area contributed by atoms with Crippen molar-refractivity contribution in [1.29, 1.82) is 0 Å². The van der Waals surface area contributed by atoms with Crippen LogP contribution in [0, 0.1) is 23.7 Å². The van der Waals surface area contributed by atoms with E-state index in [0.717, 1.165) is 154 Å². The Morgan fingerprint density at radius 3 is 0.432 bits per heavy atom. The molecule has 0 aromatic carbocycles. The molecule has 0 amide bonds. The summed E-state index contributed by atoms with van der Waals surface area (Å²) in [5, 5.41) is 0. The maximum atomic E-state index is 15.4. The molecule has 0 spiro atoms. The Labute approximate surface area is 511 Å². The van der Waals surface area contributed by atoms with Gasteiger partial charge < -0.3 is 0 Å². The molecule has 81 heavy (non-hydrogen) atoms. The van der Waals surface area contributed by atoms with E-state index < -0.39 is 67.6 Å². The molecule has 0 saturated carbocycles. The van der Waals surface area contributed by atoms with Crippen molar-refractivity contribution in [3.8, 4) is 0 Å². The second-order valence-corrected chi connectivity index (χ2v) is 30.6. The van der Waals surface area contributed by atoms with E-state index in [9.17, 15) is 0 Å². The van der Waals surface area contributed by atoms with Crippen LogP contribution in [-0.4, -0.2) is 43.9 Å². The second-order valence-electron chi connectivity index (χ2n) is 25.4. The molecule has 0 aliphatic rings. The van der Waals surface area contributed by atoms with Crippen LogP contribution in [0.3, 0.4) is 0 Å². The van der Waals surface area contributed by atoms with Crippen LogP contribution < -0.4 is 0 Å². The molecule has 0 rings (SSSR count). The van der Waals surface area contributed by atoms with E-state index in [1.807, 2.05) is 0 Å². The molecule has 0 saturated heterocycles. The van der Waals surface area contributed by atoms with Gasteiger partial charge in [-0.25, -0.2) is 0 Å². The summed E-state index contributed by atoms with van der Waals surface area (Å²) in [5.74, 6) is -3.90. The first kappa shape index (κ1) is 79.7. The molecule has 0 aliphatic carbocycles. The van der Waals surface area contributed by atoms with Crippen LogP contribution in [0.25, 0.3) is 0 Å². The summed E-state index contributed by atoms with van der Waals surface area (Å²) in [7, 11) is 0. The van der Waals surface area contributed by atoms with Crippen molar-refractivity contribution in [3.63, 3.8) is 0 Å². The van der Waals surface area contributed by atoms with Crippen molar-refractivity contribution in [2.24, 2.45) is 23.7 Å². The monoisotopic (exact) mass is 1250 g/mol. The third-order valence-corrected chi connectivity index (χ3v) is 22.6. The number of unbranched alkanes of at least 4 members (excludes halogenated alkanes) is 40. The van der Waals surface area contributed by atoms with Gasteiger partial charge in [0.05, 0.1) is 0 Å². The molecule has 480 valence electrons. The molecule has 0 aromatic rings. The van der Waals surface area contributed by atoms with Crippen molar-refractivity contribution in [2.45, 2.75) is 415 Å². The van der Waals surface area contributed by atoms with E-state index in [-0.39, 0.29) is 0 Å². The second kappa shape index (κ2) is 60.4. The molecule has 0 atom stereocenters.